The van der Waals surface area contributed by atoms with E-state index < -0.39 is 0 Å². The Labute approximate surface area is 139 Å². The molecule has 0 saturated heterocycles. The normalized spacial score (nSPS) is 11.3. The molecule has 0 N–H and O–H groups in total. The lowest BCUT2D eigenvalue weighted by Gasteiger charge is -2.10. The molecule has 4 heteroatoms. The fraction of sp³-hybridized carbons (Fsp3) is 0.158. The summed E-state index contributed by atoms with van der Waals surface area (Å²) in [5, 5.41) is 1.45. The second kappa shape index (κ2) is 7.29. The molecular weight excluding hydrogens is 304 g/mol. The molecule has 3 nitrogen and oxygen atoms in total. The van der Waals surface area contributed by atoms with Crippen molar-refractivity contribution >= 4 is 28.7 Å². The molecule has 0 aliphatic carbocycles. The summed E-state index contributed by atoms with van der Waals surface area (Å²) in [6.07, 6.45) is 4.18. The molecule has 2 aromatic carbocycles. The molecule has 3 aromatic rings. The monoisotopic (exact) mass is 322 g/mol. The summed E-state index contributed by atoms with van der Waals surface area (Å²) >= 11 is 1.58. The van der Waals surface area contributed by atoms with E-state index in [0.717, 1.165) is 16.4 Å². The molecule has 0 saturated carbocycles. The summed E-state index contributed by atoms with van der Waals surface area (Å²) in [5.74, 6) is 0.777. The third-order valence-electron chi connectivity index (χ3n) is 3.56. The van der Waals surface area contributed by atoms with Gasteiger partial charge in [0.1, 0.15) is 0 Å². The third kappa shape index (κ3) is 3.54. The Kier molecular flexibility index (Phi) is 4.93. The van der Waals surface area contributed by atoms with Crippen LogP contribution >= 0.6 is 11.8 Å². The lowest BCUT2D eigenvalue weighted by atomic mass is 10.2. The van der Waals surface area contributed by atoms with E-state index in [2.05, 4.69) is 29.3 Å². The van der Waals surface area contributed by atoms with E-state index in [4.69, 9.17) is 0 Å². The summed E-state index contributed by atoms with van der Waals surface area (Å²) in [5.41, 5.74) is 1.97. The van der Waals surface area contributed by atoms with Gasteiger partial charge in [0.05, 0.1) is 10.9 Å². The minimum absolute atomic E-state index is 0.0349. The molecule has 0 fully saturated rings. The van der Waals surface area contributed by atoms with Crippen LogP contribution in [-0.2, 0) is 6.54 Å². The van der Waals surface area contributed by atoms with Crippen molar-refractivity contribution in [3.8, 4) is 0 Å². The molecule has 0 radical (unpaired) electrons. The fourth-order valence-corrected chi connectivity index (χ4v) is 3.28. The van der Waals surface area contributed by atoms with Crippen LogP contribution in [-0.4, -0.2) is 15.3 Å². The van der Waals surface area contributed by atoms with E-state index in [9.17, 15) is 4.79 Å². The summed E-state index contributed by atoms with van der Waals surface area (Å²) in [6.45, 7) is 2.60. The highest BCUT2D eigenvalue weighted by Gasteiger charge is 2.09. The number of para-hydroxylation sites is 1. The van der Waals surface area contributed by atoms with Crippen LogP contribution < -0.4 is 5.56 Å². The Morgan fingerprint density at radius 2 is 1.83 bits per heavy atom. The zero-order chi connectivity index (χ0) is 16.1. The molecule has 0 aliphatic rings. The molecule has 0 aliphatic heterocycles. The second-order valence-electron chi connectivity index (χ2n) is 5.08. The van der Waals surface area contributed by atoms with Crippen molar-refractivity contribution in [2.75, 3.05) is 5.75 Å². The maximum Gasteiger partial charge on any atom is 0.262 e. The highest BCUT2D eigenvalue weighted by Crippen LogP contribution is 2.18. The number of thioether (sulfide) groups is 1. The second-order valence-corrected chi connectivity index (χ2v) is 6.07. The highest BCUT2D eigenvalue weighted by atomic mass is 32.2. The lowest BCUT2D eigenvalue weighted by molar-refractivity contribution is 0.635. The first-order valence-corrected chi connectivity index (χ1v) is 8.62. The molecule has 0 amide bonds. The Morgan fingerprint density at radius 1 is 1.09 bits per heavy atom. The van der Waals surface area contributed by atoms with Gasteiger partial charge in [-0.1, -0.05) is 66.4 Å². The number of hydrogen-bond acceptors (Lipinski definition) is 3. The van der Waals surface area contributed by atoms with Crippen LogP contribution in [0, 0.1) is 0 Å². The zero-order valence-electron chi connectivity index (χ0n) is 13.0. The summed E-state index contributed by atoms with van der Waals surface area (Å²) in [6, 6.07) is 17.7. The van der Waals surface area contributed by atoms with Crippen molar-refractivity contribution in [1.82, 2.24) is 9.55 Å². The topological polar surface area (TPSA) is 34.9 Å². The van der Waals surface area contributed by atoms with Crippen LogP contribution in [0.2, 0.25) is 0 Å². The van der Waals surface area contributed by atoms with Crippen molar-refractivity contribution in [2.45, 2.75) is 18.6 Å². The van der Waals surface area contributed by atoms with E-state index in [-0.39, 0.29) is 5.56 Å². The van der Waals surface area contributed by atoms with Crippen molar-refractivity contribution < 1.29 is 0 Å². The smallest absolute Gasteiger partial charge is 0.262 e. The van der Waals surface area contributed by atoms with E-state index in [1.54, 1.807) is 16.3 Å². The average Bonchev–Trinajstić information content (AvgIpc) is 2.60. The first-order chi connectivity index (χ1) is 11.3. The standard InChI is InChI=1S/C19H18N2OS/c1-2-21-18(22)16-12-6-7-13-17(16)20-19(21)23-14-8-11-15-9-4-3-5-10-15/h3-13H,2,14H2,1H3/b11-8+. The first-order valence-electron chi connectivity index (χ1n) is 7.63. The van der Waals surface area contributed by atoms with Gasteiger partial charge in [-0.25, -0.2) is 4.98 Å². The van der Waals surface area contributed by atoms with E-state index in [1.165, 1.54) is 5.56 Å². The van der Waals surface area contributed by atoms with Crippen molar-refractivity contribution in [1.29, 1.82) is 0 Å². The van der Waals surface area contributed by atoms with Gasteiger partial charge in [-0.3, -0.25) is 9.36 Å². The van der Waals surface area contributed by atoms with E-state index in [0.29, 0.717) is 11.9 Å². The van der Waals surface area contributed by atoms with Gasteiger partial charge in [0.2, 0.25) is 0 Å². The highest BCUT2D eigenvalue weighted by molar-refractivity contribution is 7.99. The predicted octanol–water partition coefficient (Wildman–Crippen LogP) is 4.22. The minimum atomic E-state index is 0.0349. The molecule has 1 aromatic heterocycles. The summed E-state index contributed by atoms with van der Waals surface area (Å²) in [4.78, 5) is 17.2. The largest absolute Gasteiger partial charge is 0.287 e. The van der Waals surface area contributed by atoms with Gasteiger partial charge in [-0.05, 0) is 24.6 Å². The molecule has 1 heterocycles. The van der Waals surface area contributed by atoms with Gasteiger partial charge >= 0.3 is 0 Å². The quantitative estimate of drug-likeness (QED) is 0.521. The van der Waals surface area contributed by atoms with E-state index >= 15 is 0 Å². The average molecular weight is 322 g/mol. The van der Waals surface area contributed by atoms with Gasteiger partial charge in [-0.2, -0.15) is 0 Å². The third-order valence-corrected chi connectivity index (χ3v) is 4.49. The maximum absolute atomic E-state index is 12.5. The Hall–Kier alpha value is -2.33. The lowest BCUT2D eigenvalue weighted by Crippen LogP contribution is -2.22. The van der Waals surface area contributed by atoms with Crippen LogP contribution in [0.4, 0.5) is 0 Å². The molecule has 116 valence electrons. The molecular formula is C19H18N2OS. The number of rotatable bonds is 5. The summed E-state index contributed by atoms with van der Waals surface area (Å²) < 4.78 is 1.74. The molecule has 0 atom stereocenters. The van der Waals surface area contributed by atoms with Crippen molar-refractivity contribution in [2.24, 2.45) is 0 Å². The van der Waals surface area contributed by atoms with E-state index in [1.807, 2.05) is 49.4 Å². The van der Waals surface area contributed by atoms with Crippen LogP contribution in [0.1, 0.15) is 12.5 Å². The Morgan fingerprint density at radius 3 is 2.61 bits per heavy atom. The predicted molar refractivity (Wildman–Crippen MR) is 97.9 cm³/mol. The molecule has 0 spiro atoms. The van der Waals surface area contributed by atoms with Crippen molar-refractivity contribution in [3.05, 3.63) is 76.6 Å². The van der Waals surface area contributed by atoms with Gasteiger partial charge in [0.25, 0.3) is 5.56 Å². The number of fused-ring (bicyclic) bond motifs is 1. The first kappa shape index (κ1) is 15.6. The van der Waals surface area contributed by atoms with Gasteiger partial charge < -0.3 is 0 Å². The molecule has 3 rings (SSSR count). The van der Waals surface area contributed by atoms with Crippen LogP contribution in [0.3, 0.4) is 0 Å². The number of benzene rings is 2. The van der Waals surface area contributed by atoms with Crippen molar-refractivity contribution in [3.63, 3.8) is 0 Å². The van der Waals surface area contributed by atoms with Crippen LogP contribution in [0.25, 0.3) is 17.0 Å². The van der Waals surface area contributed by atoms with Gasteiger partial charge in [0, 0.05) is 12.3 Å². The molecule has 0 bridgehead atoms. The molecule has 0 unspecified atom stereocenters. The maximum atomic E-state index is 12.5. The Balaban J connectivity index is 1.82. The number of nitrogens with zero attached hydrogens (tertiary/aromatic N) is 2. The SMILES string of the molecule is CCn1c(SC/C=C/c2ccccc2)nc2ccccc2c1=O. The summed E-state index contributed by atoms with van der Waals surface area (Å²) in [7, 11) is 0. The number of aromatic nitrogens is 2. The molecule has 23 heavy (non-hydrogen) atoms. The van der Waals surface area contributed by atoms with Crippen LogP contribution in [0.15, 0.2) is 70.6 Å². The zero-order valence-corrected chi connectivity index (χ0v) is 13.8. The Bertz CT molecular complexity index is 885. The van der Waals surface area contributed by atoms with Gasteiger partial charge in [0.15, 0.2) is 5.16 Å². The fourth-order valence-electron chi connectivity index (χ4n) is 2.41. The number of hydrogen-bond donors (Lipinski definition) is 0. The van der Waals surface area contributed by atoms with Crippen LogP contribution in [0.5, 0.6) is 0 Å². The minimum Gasteiger partial charge on any atom is -0.287 e. The van der Waals surface area contributed by atoms with Gasteiger partial charge in [-0.15, -0.1) is 0 Å².